The molecule has 0 aliphatic rings. The zero-order valence-electron chi connectivity index (χ0n) is 11.7. The highest BCUT2D eigenvalue weighted by Gasteiger charge is 2.11. The fraction of sp³-hybridized carbons (Fsp3) is 0.267. The van der Waals surface area contributed by atoms with Gasteiger partial charge in [0.05, 0.1) is 12.1 Å². The van der Waals surface area contributed by atoms with E-state index >= 15 is 0 Å². The second kappa shape index (κ2) is 4.59. The normalized spacial score (nSPS) is 11.2. The quantitative estimate of drug-likeness (QED) is 0.716. The summed E-state index contributed by atoms with van der Waals surface area (Å²) in [4.78, 5) is 12.3. The third kappa shape index (κ3) is 2.01. The summed E-state index contributed by atoms with van der Waals surface area (Å²) < 4.78 is 6.41. The molecule has 0 unspecified atom stereocenters. The van der Waals surface area contributed by atoms with Gasteiger partial charge >= 0.3 is 0 Å². The van der Waals surface area contributed by atoms with E-state index in [-0.39, 0.29) is 5.56 Å². The number of benzene rings is 1. The van der Waals surface area contributed by atoms with Crippen LogP contribution >= 0.6 is 0 Å². The Morgan fingerprint density at radius 2 is 1.95 bits per heavy atom. The van der Waals surface area contributed by atoms with E-state index in [1.54, 1.807) is 10.6 Å². The van der Waals surface area contributed by atoms with Crippen LogP contribution in [0.3, 0.4) is 0 Å². The summed E-state index contributed by atoms with van der Waals surface area (Å²) in [6.45, 7) is 6.15. The van der Waals surface area contributed by atoms with Gasteiger partial charge < -0.3 is 4.57 Å². The van der Waals surface area contributed by atoms with Gasteiger partial charge in [-0.05, 0) is 38.0 Å². The lowest BCUT2D eigenvalue weighted by Crippen LogP contribution is -2.21. The molecular weight excluding hydrogens is 254 g/mol. The first-order valence-corrected chi connectivity index (χ1v) is 6.45. The minimum absolute atomic E-state index is 0.0389. The van der Waals surface area contributed by atoms with Crippen molar-refractivity contribution < 1.29 is 4.63 Å². The smallest absolute Gasteiger partial charge is 0.251 e. The van der Waals surface area contributed by atoms with Crippen LogP contribution in [0.4, 0.5) is 0 Å². The van der Waals surface area contributed by atoms with E-state index in [4.69, 9.17) is 4.63 Å². The lowest BCUT2D eigenvalue weighted by molar-refractivity contribution is 0.300. The van der Waals surface area contributed by atoms with Crippen molar-refractivity contribution in [3.8, 4) is 0 Å². The fourth-order valence-electron chi connectivity index (χ4n) is 2.36. The number of nitrogens with zero attached hydrogens (tertiary/aromatic N) is 3. The summed E-state index contributed by atoms with van der Waals surface area (Å²) in [5, 5.41) is 8.69. The Bertz CT molecular complexity index is 846. The number of rotatable bonds is 2. The van der Waals surface area contributed by atoms with E-state index in [0.717, 1.165) is 22.0 Å². The molecule has 0 radical (unpaired) electrons. The van der Waals surface area contributed by atoms with Crippen molar-refractivity contribution in [3.63, 3.8) is 0 Å². The van der Waals surface area contributed by atoms with Gasteiger partial charge in [0.15, 0.2) is 0 Å². The van der Waals surface area contributed by atoms with Crippen molar-refractivity contribution in [2.75, 3.05) is 0 Å². The van der Waals surface area contributed by atoms with Crippen LogP contribution in [-0.2, 0) is 6.54 Å². The number of aromatic nitrogens is 3. The summed E-state index contributed by atoms with van der Waals surface area (Å²) in [5.74, 6) is 0. The first kappa shape index (κ1) is 12.6. The molecule has 2 heterocycles. The molecule has 0 fully saturated rings. The SMILES string of the molecule is Cc1ccc2c(C)cc(=O)n(Cc3nonc3C)c2c1. The Morgan fingerprint density at radius 1 is 1.15 bits per heavy atom. The van der Waals surface area contributed by atoms with E-state index < -0.39 is 0 Å². The van der Waals surface area contributed by atoms with Crippen LogP contribution in [0.1, 0.15) is 22.5 Å². The highest BCUT2D eigenvalue weighted by molar-refractivity contribution is 5.83. The maximum absolute atomic E-state index is 12.3. The zero-order chi connectivity index (χ0) is 14.3. The van der Waals surface area contributed by atoms with Crippen molar-refractivity contribution in [1.82, 2.24) is 14.9 Å². The Kier molecular flexibility index (Phi) is 2.89. The van der Waals surface area contributed by atoms with Crippen LogP contribution in [0, 0.1) is 20.8 Å². The summed E-state index contributed by atoms with van der Waals surface area (Å²) in [7, 11) is 0. The number of hydrogen-bond acceptors (Lipinski definition) is 4. The van der Waals surface area contributed by atoms with Crippen LogP contribution in [0.5, 0.6) is 0 Å². The Balaban J connectivity index is 2.26. The molecule has 3 rings (SSSR count). The van der Waals surface area contributed by atoms with E-state index in [1.807, 2.05) is 39.0 Å². The third-order valence-corrected chi connectivity index (χ3v) is 3.53. The van der Waals surface area contributed by atoms with E-state index in [2.05, 4.69) is 10.3 Å². The average Bonchev–Trinajstić information content (AvgIpc) is 2.79. The average molecular weight is 269 g/mol. The molecule has 0 saturated heterocycles. The lowest BCUT2D eigenvalue weighted by atomic mass is 10.1. The van der Waals surface area contributed by atoms with E-state index in [0.29, 0.717) is 17.9 Å². The van der Waals surface area contributed by atoms with Gasteiger partial charge in [-0.3, -0.25) is 4.79 Å². The maximum Gasteiger partial charge on any atom is 0.251 e. The summed E-state index contributed by atoms with van der Waals surface area (Å²) in [6, 6.07) is 7.77. The Morgan fingerprint density at radius 3 is 2.65 bits per heavy atom. The molecule has 0 saturated carbocycles. The number of hydrogen-bond donors (Lipinski definition) is 0. The van der Waals surface area contributed by atoms with Crippen molar-refractivity contribution in [2.45, 2.75) is 27.3 Å². The topological polar surface area (TPSA) is 60.9 Å². The van der Waals surface area contributed by atoms with Gasteiger partial charge in [0.2, 0.25) is 0 Å². The monoisotopic (exact) mass is 269 g/mol. The zero-order valence-corrected chi connectivity index (χ0v) is 11.7. The van der Waals surface area contributed by atoms with Crippen LogP contribution < -0.4 is 5.56 Å². The molecule has 0 aliphatic carbocycles. The van der Waals surface area contributed by atoms with Gasteiger partial charge in [-0.1, -0.05) is 22.4 Å². The van der Waals surface area contributed by atoms with Gasteiger partial charge in [0.1, 0.15) is 11.4 Å². The predicted octanol–water partition coefficient (Wildman–Crippen LogP) is 2.36. The highest BCUT2D eigenvalue weighted by atomic mass is 16.6. The second-order valence-electron chi connectivity index (χ2n) is 5.07. The van der Waals surface area contributed by atoms with Crippen molar-refractivity contribution in [1.29, 1.82) is 0 Å². The molecule has 5 nitrogen and oxygen atoms in total. The molecule has 0 amide bonds. The van der Waals surface area contributed by atoms with Crippen LogP contribution in [0.15, 0.2) is 33.7 Å². The summed E-state index contributed by atoms with van der Waals surface area (Å²) in [5.41, 5.74) is 4.36. The van der Waals surface area contributed by atoms with Crippen molar-refractivity contribution >= 4 is 10.9 Å². The standard InChI is InChI=1S/C15H15N3O2/c1-9-4-5-12-10(2)7-15(19)18(14(12)6-9)8-13-11(3)16-20-17-13/h4-7H,8H2,1-3H3. The second-order valence-corrected chi connectivity index (χ2v) is 5.07. The largest absolute Gasteiger partial charge is 0.302 e. The van der Waals surface area contributed by atoms with Gasteiger partial charge in [-0.2, -0.15) is 0 Å². The number of fused-ring (bicyclic) bond motifs is 1. The molecule has 5 heteroatoms. The third-order valence-electron chi connectivity index (χ3n) is 3.53. The van der Waals surface area contributed by atoms with Gasteiger partial charge in [0, 0.05) is 11.5 Å². The minimum atomic E-state index is -0.0389. The van der Waals surface area contributed by atoms with Crippen LogP contribution in [-0.4, -0.2) is 14.9 Å². The Labute approximate surface area is 115 Å². The Hall–Kier alpha value is -2.43. The van der Waals surface area contributed by atoms with Gasteiger partial charge in [-0.25, -0.2) is 4.63 Å². The highest BCUT2D eigenvalue weighted by Crippen LogP contribution is 2.19. The van der Waals surface area contributed by atoms with Crippen molar-refractivity contribution in [3.05, 3.63) is 57.1 Å². The van der Waals surface area contributed by atoms with Crippen LogP contribution in [0.25, 0.3) is 10.9 Å². The van der Waals surface area contributed by atoms with E-state index in [9.17, 15) is 4.79 Å². The predicted molar refractivity (Wildman–Crippen MR) is 75.8 cm³/mol. The van der Waals surface area contributed by atoms with Crippen molar-refractivity contribution in [2.24, 2.45) is 0 Å². The molecule has 102 valence electrons. The molecule has 20 heavy (non-hydrogen) atoms. The molecule has 0 spiro atoms. The summed E-state index contributed by atoms with van der Waals surface area (Å²) >= 11 is 0. The van der Waals surface area contributed by atoms with Gasteiger partial charge in [-0.15, -0.1) is 0 Å². The summed E-state index contributed by atoms with van der Waals surface area (Å²) in [6.07, 6.45) is 0. The van der Waals surface area contributed by atoms with Gasteiger partial charge in [0.25, 0.3) is 5.56 Å². The minimum Gasteiger partial charge on any atom is -0.302 e. The molecule has 0 bridgehead atoms. The van der Waals surface area contributed by atoms with E-state index in [1.165, 1.54) is 0 Å². The molecule has 2 aromatic heterocycles. The molecule has 0 aliphatic heterocycles. The number of pyridine rings is 1. The van der Waals surface area contributed by atoms with Crippen LogP contribution in [0.2, 0.25) is 0 Å². The number of aryl methyl sites for hydroxylation is 3. The molecule has 0 N–H and O–H groups in total. The lowest BCUT2D eigenvalue weighted by Gasteiger charge is -2.11. The molecule has 1 aromatic carbocycles. The fourth-order valence-corrected chi connectivity index (χ4v) is 2.36. The first-order chi connectivity index (χ1) is 9.56. The molecule has 0 atom stereocenters. The maximum atomic E-state index is 12.3. The molecular formula is C15H15N3O2. The first-order valence-electron chi connectivity index (χ1n) is 6.45. The molecule has 3 aromatic rings.